The van der Waals surface area contributed by atoms with Crippen LogP contribution in [0.15, 0.2) is 16.5 Å². The van der Waals surface area contributed by atoms with Crippen LogP contribution in [0.4, 0.5) is 11.9 Å². The van der Waals surface area contributed by atoms with E-state index >= 15 is 0 Å². The van der Waals surface area contributed by atoms with Gasteiger partial charge in [0.15, 0.2) is 5.76 Å². The van der Waals surface area contributed by atoms with Crippen LogP contribution in [0.5, 0.6) is 0 Å². The minimum Gasteiger partial charge on any atom is -0.458 e. The van der Waals surface area contributed by atoms with Gasteiger partial charge in [0.2, 0.25) is 17.7 Å². The van der Waals surface area contributed by atoms with Gasteiger partial charge < -0.3 is 15.9 Å². The van der Waals surface area contributed by atoms with Crippen molar-refractivity contribution in [2.45, 2.75) is 6.92 Å². The van der Waals surface area contributed by atoms with Crippen molar-refractivity contribution >= 4 is 11.9 Å². The van der Waals surface area contributed by atoms with Crippen LogP contribution in [0.3, 0.4) is 0 Å². The molecule has 4 N–H and O–H groups in total. The van der Waals surface area contributed by atoms with Gasteiger partial charge in [-0.05, 0) is 19.1 Å². The Hall–Kier alpha value is -2.11. The number of nitrogen functional groups attached to an aromatic ring is 2. The maximum Gasteiger partial charge on any atom is 0.225 e. The summed E-state index contributed by atoms with van der Waals surface area (Å²) >= 11 is 0. The summed E-state index contributed by atoms with van der Waals surface area (Å²) in [7, 11) is 0. The Morgan fingerprint density at radius 2 is 1.71 bits per heavy atom. The molecule has 0 unspecified atom stereocenters. The predicted octanol–water partition coefficient (Wildman–Crippen LogP) is 0.604. The first-order valence-corrected chi connectivity index (χ1v) is 3.99. The van der Waals surface area contributed by atoms with Crippen LogP contribution >= 0.6 is 0 Å². The van der Waals surface area contributed by atoms with Gasteiger partial charge in [-0.1, -0.05) is 0 Å². The Labute approximate surface area is 80.0 Å². The van der Waals surface area contributed by atoms with Gasteiger partial charge in [0, 0.05) is 0 Å². The van der Waals surface area contributed by atoms with E-state index in [0.717, 1.165) is 5.76 Å². The standard InChI is InChI=1S/C8H9N5O/c1-4-2-3-5(14-4)6-11-7(9)13-8(10)12-6/h2-3H,1H3,(H4,9,10,11,12,13). The second-order valence-electron chi connectivity index (χ2n) is 2.79. The molecule has 6 heteroatoms. The predicted molar refractivity (Wildman–Crippen MR) is 51.1 cm³/mol. The molecule has 0 aliphatic rings. The van der Waals surface area contributed by atoms with Crippen molar-refractivity contribution in [1.82, 2.24) is 15.0 Å². The second-order valence-corrected chi connectivity index (χ2v) is 2.79. The van der Waals surface area contributed by atoms with Gasteiger partial charge in [-0.3, -0.25) is 0 Å². The summed E-state index contributed by atoms with van der Waals surface area (Å²) < 4.78 is 5.32. The van der Waals surface area contributed by atoms with Crippen LogP contribution in [0.1, 0.15) is 5.76 Å². The molecular weight excluding hydrogens is 182 g/mol. The number of nitrogens with two attached hydrogens (primary N) is 2. The number of hydrogen-bond donors (Lipinski definition) is 2. The van der Waals surface area contributed by atoms with Gasteiger partial charge in [-0.25, -0.2) is 0 Å². The van der Waals surface area contributed by atoms with Crippen molar-refractivity contribution in [2.75, 3.05) is 11.5 Å². The molecule has 0 bridgehead atoms. The number of nitrogens with zero attached hydrogens (tertiary/aromatic N) is 3. The second kappa shape index (κ2) is 2.99. The van der Waals surface area contributed by atoms with Gasteiger partial charge in [0.05, 0.1) is 0 Å². The molecule has 72 valence electrons. The lowest BCUT2D eigenvalue weighted by molar-refractivity contribution is 0.544. The molecule has 0 aliphatic heterocycles. The largest absolute Gasteiger partial charge is 0.458 e. The zero-order chi connectivity index (χ0) is 10.1. The highest BCUT2D eigenvalue weighted by Crippen LogP contribution is 2.18. The van der Waals surface area contributed by atoms with Crippen LogP contribution in [0, 0.1) is 6.92 Å². The van der Waals surface area contributed by atoms with Gasteiger partial charge in [-0.2, -0.15) is 15.0 Å². The fourth-order valence-corrected chi connectivity index (χ4v) is 1.07. The van der Waals surface area contributed by atoms with E-state index in [2.05, 4.69) is 15.0 Å². The number of furan rings is 1. The van der Waals surface area contributed by atoms with Crippen LogP contribution in [-0.4, -0.2) is 15.0 Å². The molecule has 14 heavy (non-hydrogen) atoms. The van der Waals surface area contributed by atoms with E-state index in [4.69, 9.17) is 15.9 Å². The van der Waals surface area contributed by atoms with E-state index in [1.54, 1.807) is 6.07 Å². The summed E-state index contributed by atoms with van der Waals surface area (Å²) in [6, 6.07) is 3.56. The third-order valence-corrected chi connectivity index (χ3v) is 1.63. The van der Waals surface area contributed by atoms with Gasteiger partial charge in [-0.15, -0.1) is 0 Å². The fourth-order valence-electron chi connectivity index (χ4n) is 1.07. The Balaban J connectivity index is 2.51. The third kappa shape index (κ3) is 1.49. The molecule has 0 saturated heterocycles. The Bertz CT molecular complexity index is 444. The fraction of sp³-hybridized carbons (Fsp3) is 0.125. The van der Waals surface area contributed by atoms with Crippen LogP contribution in [-0.2, 0) is 0 Å². The maximum atomic E-state index is 5.42. The Morgan fingerprint density at radius 1 is 1.07 bits per heavy atom. The van der Waals surface area contributed by atoms with Gasteiger partial charge in [0.1, 0.15) is 5.76 Å². The highest BCUT2D eigenvalue weighted by Gasteiger charge is 2.08. The minimum atomic E-state index is 0.0848. The summed E-state index contributed by atoms with van der Waals surface area (Å²) in [5.41, 5.74) is 10.8. The normalized spacial score (nSPS) is 10.4. The van der Waals surface area contributed by atoms with Crippen molar-refractivity contribution < 1.29 is 4.42 Å². The molecule has 2 aromatic rings. The highest BCUT2D eigenvalue weighted by atomic mass is 16.3. The quantitative estimate of drug-likeness (QED) is 0.684. The number of anilines is 2. The average molecular weight is 191 g/mol. The number of hydrogen-bond acceptors (Lipinski definition) is 6. The van der Waals surface area contributed by atoms with Gasteiger partial charge >= 0.3 is 0 Å². The van der Waals surface area contributed by atoms with Crippen molar-refractivity contribution in [1.29, 1.82) is 0 Å². The van der Waals surface area contributed by atoms with E-state index in [-0.39, 0.29) is 11.9 Å². The highest BCUT2D eigenvalue weighted by molar-refractivity contribution is 5.50. The van der Waals surface area contributed by atoms with Crippen LogP contribution in [0.2, 0.25) is 0 Å². The molecule has 0 saturated carbocycles. The van der Waals surface area contributed by atoms with E-state index in [9.17, 15) is 0 Å². The maximum absolute atomic E-state index is 5.42. The first kappa shape index (κ1) is 8.49. The lowest BCUT2D eigenvalue weighted by Gasteiger charge is -1.98. The van der Waals surface area contributed by atoms with Crippen LogP contribution < -0.4 is 11.5 Å². The zero-order valence-electron chi connectivity index (χ0n) is 7.56. The molecule has 0 fully saturated rings. The van der Waals surface area contributed by atoms with E-state index in [1.165, 1.54) is 0 Å². The molecule has 0 amide bonds. The first-order valence-electron chi connectivity index (χ1n) is 3.99. The summed E-state index contributed by atoms with van der Waals surface area (Å²) in [5, 5.41) is 0. The van der Waals surface area contributed by atoms with Crippen molar-refractivity contribution in [3.8, 4) is 11.6 Å². The van der Waals surface area contributed by atoms with E-state index in [0.29, 0.717) is 11.6 Å². The third-order valence-electron chi connectivity index (χ3n) is 1.63. The number of aryl methyl sites for hydroxylation is 1. The van der Waals surface area contributed by atoms with Crippen molar-refractivity contribution in [3.05, 3.63) is 17.9 Å². The summed E-state index contributed by atoms with van der Waals surface area (Å²) in [4.78, 5) is 11.5. The van der Waals surface area contributed by atoms with Gasteiger partial charge in [0.25, 0.3) is 0 Å². The van der Waals surface area contributed by atoms with Crippen molar-refractivity contribution in [3.63, 3.8) is 0 Å². The molecular formula is C8H9N5O. The molecule has 0 aromatic carbocycles. The zero-order valence-corrected chi connectivity index (χ0v) is 7.56. The van der Waals surface area contributed by atoms with Crippen LogP contribution in [0.25, 0.3) is 11.6 Å². The minimum absolute atomic E-state index is 0.0848. The molecule has 0 aliphatic carbocycles. The average Bonchev–Trinajstić information content (AvgIpc) is 2.50. The molecule has 0 atom stereocenters. The van der Waals surface area contributed by atoms with E-state index in [1.807, 2.05) is 13.0 Å². The SMILES string of the molecule is Cc1ccc(-c2nc(N)nc(N)n2)o1. The Morgan fingerprint density at radius 3 is 2.21 bits per heavy atom. The molecule has 0 spiro atoms. The first-order chi connectivity index (χ1) is 6.65. The summed E-state index contributed by atoms with van der Waals surface area (Å²) in [6.45, 7) is 1.83. The molecule has 2 rings (SSSR count). The van der Waals surface area contributed by atoms with E-state index < -0.39 is 0 Å². The summed E-state index contributed by atoms with van der Waals surface area (Å²) in [5.74, 6) is 1.83. The smallest absolute Gasteiger partial charge is 0.225 e. The monoisotopic (exact) mass is 191 g/mol. The molecule has 2 heterocycles. The Kier molecular flexibility index (Phi) is 1.81. The lowest BCUT2D eigenvalue weighted by atomic mass is 10.4. The summed E-state index contributed by atoms with van der Waals surface area (Å²) in [6.07, 6.45) is 0. The number of rotatable bonds is 1. The molecule has 6 nitrogen and oxygen atoms in total. The molecule has 0 radical (unpaired) electrons. The molecule has 2 aromatic heterocycles. The number of aromatic nitrogens is 3. The van der Waals surface area contributed by atoms with Crippen molar-refractivity contribution in [2.24, 2.45) is 0 Å². The lowest BCUT2D eigenvalue weighted by Crippen LogP contribution is -2.03. The topological polar surface area (TPSA) is 104 Å².